The van der Waals surface area contributed by atoms with Crippen molar-refractivity contribution in [2.24, 2.45) is 5.10 Å². The van der Waals surface area contributed by atoms with E-state index in [4.69, 9.17) is 9.84 Å². The maximum atomic E-state index is 13.3. The number of benzene rings is 2. The first-order chi connectivity index (χ1) is 14.0. The molecule has 1 saturated heterocycles. The Morgan fingerprint density at radius 3 is 2.59 bits per heavy atom. The Labute approximate surface area is 173 Å². The van der Waals surface area contributed by atoms with Crippen LogP contribution in [-0.4, -0.2) is 54.4 Å². The van der Waals surface area contributed by atoms with E-state index in [1.54, 1.807) is 5.01 Å². The fourth-order valence-electron chi connectivity index (χ4n) is 4.12. The molecule has 5 heteroatoms. The molecule has 152 valence electrons. The van der Waals surface area contributed by atoms with Gasteiger partial charge in [-0.15, -0.1) is 0 Å². The number of hydrogen-bond donors (Lipinski definition) is 0. The highest BCUT2D eigenvalue weighted by atomic mass is 16.5. The Balaban J connectivity index is 1.65. The summed E-state index contributed by atoms with van der Waals surface area (Å²) in [5, 5.41) is 6.57. The first-order valence-corrected chi connectivity index (χ1v) is 10.3. The second-order valence-corrected chi connectivity index (χ2v) is 8.12. The summed E-state index contributed by atoms with van der Waals surface area (Å²) in [6, 6.07) is 14.8. The molecular weight excluding hydrogens is 362 g/mol. The predicted molar refractivity (Wildman–Crippen MR) is 115 cm³/mol. The van der Waals surface area contributed by atoms with Gasteiger partial charge in [0, 0.05) is 19.5 Å². The van der Waals surface area contributed by atoms with E-state index in [0.717, 1.165) is 30.8 Å². The fourth-order valence-corrected chi connectivity index (χ4v) is 4.12. The van der Waals surface area contributed by atoms with Crippen molar-refractivity contribution < 1.29 is 9.53 Å². The van der Waals surface area contributed by atoms with Crippen LogP contribution in [0.1, 0.15) is 40.3 Å². The number of hydrogen-bond acceptors (Lipinski definition) is 4. The summed E-state index contributed by atoms with van der Waals surface area (Å²) >= 11 is 0. The lowest BCUT2D eigenvalue weighted by Gasteiger charge is -2.29. The van der Waals surface area contributed by atoms with Crippen molar-refractivity contribution in [2.75, 3.05) is 32.8 Å². The minimum Gasteiger partial charge on any atom is -0.379 e. The van der Waals surface area contributed by atoms with E-state index in [9.17, 15) is 4.79 Å². The van der Waals surface area contributed by atoms with Gasteiger partial charge in [0.2, 0.25) is 0 Å². The molecule has 0 aromatic heterocycles. The van der Waals surface area contributed by atoms with Gasteiger partial charge in [0.05, 0.1) is 31.5 Å². The summed E-state index contributed by atoms with van der Waals surface area (Å²) in [6.45, 7) is 9.64. The van der Waals surface area contributed by atoms with Crippen LogP contribution in [0.25, 0.3) is 0 Å². The third-order valence-electron chi connectivity index (χ3n) is 5.77. The largest absolute Gasteiger partial charge is 0.379 e. The van der Waals surface area contributed by atoms with Crippen molar-refractivity contribution in [3.05, 3.63) is 70.3 Å². The Morgan fingerprint density at radius 2 is 1.83 bits per heavy atom. The highest BCUT2D eigenvalue weighted by Crippen LogP contribution is 2.35. The van der Waals surface area contributed by atoms with Gasteiger partial charge in [-0.25, -0.2) is 5.01 Å². The lowest BCUT2D eigenvalue weighted by molar-refractivity contribution is -0.135. The van der Waals surface area contributed by atoms with Gasteiger partial charge >= 0.3 is 0 Å². The molecule has 0 bridgehead atoms. The van der Waals surface area contributed by atoms with E-state index in [-0.39, 0.29) is 11.9 Å². The van der Waals surface area contributed by atoms with Gasteiger partial charge < -0.3 is 4.74 Å². The number of carbonyl (C=O) groups is 1. The first kappa shape index (κ1) is 19.8. The molecule has 0 spiro atoms. The van der Waals surface area contributed by atoms with E-state index in [0.29, 0.717) is 19.8 Å². The molecule has 1 atom stereocenters. The van der Waals surface area contributed by atoms with Gasteiger partial charge in [-0.05, 0) is 37.5 Å². The van der Waals surface area contributed by atoms with E-state index < -0.39 is 0 Å². The fraction of sp³-hybridized carbons (Fsp3) is 0.417. The number of amides is 1. The molecule has 0 saturated carbocycles. The van der Waals surface area contributed by atoms with Crippen LogP contribution in [0, 0.1) is 20.8 Å². The van der Waals surface area contributed by atoms with Crippen LogP contribution in [0.5, 0.6) is 0 Å². The first-order valence-electron chi connectivity index (χ1n) is 10.3. The molecule has 0 aliphatic carbocycles. The zero-order chi connectivity index (χ0) is 20.4. The molecule has 29 heavy (non-hydrogen) atoms. The topological polar surface area (TPSA) is 45.1 Å². The zero-order valence-corrected chi connectivity index (χ0v) is 17.5. The molecule has 2 heterocycles. The number of aryl methyl sites for hydroxylation is 3. The molecule has 2 aromatic rings. The lowest BCUT2D eigenvalue weighted by atomic mass is 9.93. The number of ether oxygens (including phenoxy) is 1. The van der Waals surface area contributed by atoms with Crippen LogP contribution in [-0.2, 0) is 9.53 Å². The van der Waals surface area contributed by atoms with Gasteiger partial charge in [-0.1, -0.05) is 53.6 Å². The highest BCUT2D eigenvalue weighted by molar-refractivity contribution is 6.03. The van der Waals surface area contributed by atoms with Crippen LogP contribution in [0.4, 0.5) is 0 Å². The van der Waals surface area contributed by atoms with Gasteiger partial charge in [0.1, 0.15) is 0 Å². The van der Waals surface area contributed by atoms with Crippen molar-refractivity contribution in [1.29, 1.82) is 0 Å². The van der Waals surface area contributed by atoms with Crippen molar-refractivity contribution >= 4 is 11.6 Å². The Bertz CT molecular complexity index is 931. The molecule has 5 nitrogen and oxygen atoms in total. The molecule has 0 N–H and O–H groups in total. The standard InChI is InChI=1S/C24H29N3O2/c1-17-5-4-6-20(13-17)22-15-23(21-14-18(2)7-8-19(21)3)27(25-22)24(28)16-26-9-11-29-12-10-26/h4-8,13-14,23H,9-12,15-16H2,1-3H3/t23-/m0/s1. The smallest absolute Gasteiger partial charge is 0.257 e. The van der Waals surface area contributed by atoms with Crippen molar-refractivity contribution in [1.82, 2.24) is 9.91 Å². The summed E-state index contributed by atoms with van der Waals surface area (Å²) in [5.41, 5.74) is 6.87. The summed E-state index contributed by atoms with van der Waals surface area (Å²) in [4.78, 5) is 15.4. The summed E-state index contributed by atoms with van der Waals surface area (Å²) < 4.78 is 5.42. The van der Waals surface area contributed by atoms with Crippen molar-refractivity contribution in [2.45, 2.75) is 33.2 Å². The molecule has 2 aliphatic heterocycles. The summed E-state index contributed by atoms with van der Waals surface area (Å²) in [7, 11) is 0. The third kappa shape index (κ3) is 4.41. The van der Waals surface area contributed by atoms with Crippen LogP contribution >= 0.6 is 0 Å². The Hall–Kier alpha value is -2.50. The minimum atomic E-state index is -0.0565. The second kappa shape index (κ2) is 8.47. The van der Waals surface area contributed by atoms with Gasteiger partial charge in [-0.2, -0.15) is 5.10 Å². The number of carbonyl (C=O) groups excluding carboxylic acids is 1. The maximum absolute atomic E-state index is 13.3. The molecule has 1 amide bonds. The average Bonchev–Trinajstić information content (AvgIpc) is 3.16. The van der Waals surface area contributed by atoms with Gasteiger partial charge in [0.15, 0.2) is 0 Å². The normalized spacial score (nSPS) is 20.0. The molecule has 0 radical (unpaired) electrons. The predicted octanol–water partition coefficient (Wildman–Crippen LogP) is 3.62. The molecule has 4 rings (SSSR count). The SMILES string of the molecule is Cc1cccc(C2=NN(C(=O)CN3CCOCC3)[C@H](c3cc(C)ccc3C)C2)c1. The summed E-state index contributed by atoms with van der Waals surface area (Å²) in [5.74, 6) is 0.0560. The number of nitrogens with zero attached hydrogens (tertiary/aromatic N) is 3. The van der Waals surface area contributed by atoms with E-state index >= 15 is 0 Å². The Kier molecular flexibility index (Phi) is 5.79. The lowest BCUT2D eigenvalue weighted by Crippen LogP contribution is -2.43. The number of hydrazone groups is 1. The van der Waals surface area contributed by atoms with Crippen molar-refractivity contribution in [3.63, 3.8) is 0 Å². The molecule has 2 aromatic carbocycles. The van der Waals surface area contributed by atoms with Crippen molar-refractivity contribution in [3.8, 4) is 0 Å². The molecular formula is C24H29N3O2. The maximum Gasteiger partial charge on any atom is 0.257 e. The monoisotopic (exact) mass is 391 g/mol. The molecule has 1 fully saturated rings. The third-order valence-corrected chi connectivity index (χ3v) is 5.77. The van der Waals surface area contributed by atoms with Gasteiger partial charge in [-0.3, -0.25) is 9.69 Å². The van der Waals surface area contributed by atoms with E-state index in [2.05, 4.69) is 68.1 Å². The highest BCUT2D eigenvalue weighted by Gasteiger charge is 2.34. The van der Waals surface area contributed by atoms with Gasteiger partial charge in [0.25, 0.3) is 5.91 Å². The molecule has 0 unspecified atom stereocenters. The van der Waals surface area contributed by atoms with Crippen LogP contribution in [0.3, 0.4) is 0 Å². The van der Waals surface area contributed by atoms with Crippen LogP contribution in [0.15, 0.2) is 47.6 Å². The average molecular weight is 392 g/mol. The molecule has 2 aliphatic rings. The quantitative estimate of drug-likeness (QED) is 0.800. The zero-order valence-electron chi connectivity index (χ0n) is 17.5. The number of rotatable bonds is 4. The van der Waals surface area contributed by atoms with Crippen LogP contribution in [0.2, 0.25) is 0 Å². The Morgan fingerprint density at radius 1 is 1.07 bits per heavy atom. The van der Waals surface area contributed by atoms with E-state index in [1.807, 2.05) is 0 Å². The minimum absolute atomic E-state index is 0.0560. The van der Waals surface area contributed by atoms with E-state index in [1.165, 1.54) is 22.3 Å². The van der Waals surface area contributed by atoms with Crippen LogP contribution < -0.4 is 0 Å². The summed E-state index contributed by atoms with van der Waals surface area (Å²) in [6.07, 6.45) is 0.739. The second-order valence-electron chi connectivity index (χ2n) is 8.12. The number of morpholine rings is 1.